The average molecular weight is 412 g/mol. The molecule has 3 rings (SSSR count). The van der Waals surface area contributed by atoms with Gasteiger partial charge in [0, 0.05) is 7.05 Å². The second-order valence-corrected chi connectivity index (χ2v) is 9.44. The number of rotatable bonds is 7. The van der Waals surface area contributed by atoms with E-state index in [1.165, 1.54) is 31.3 Å². The molecule has 2 aromatic rings. The molecule has 1 saturated carbocycles. The van der Waals surface area contributed by atoms with Gasteiger partial charge in [0.1, 0.15) is 0 Å². The van der Waals surface area contributed by atoms with Crippen molar-refractivity contribution in [1.29, 1.82) is 5.26 Å². The van der Waals surface area contributed by atoms with Gasteiger partial charge < -0.3 is 5.32 Å². The van der Waals surface area contributed by atoms with Crippen LogP contribution in [-0.2, 0) is 14.8 Å². The molecule has 0 bridgehead atoms. The highest BCUT2D eigenvalue weighted by Crippen LogP contribution is 2.35. The number of carbonyl (C=O) groups is 1. The number of hydrogen-bond donors (Lipinski definition) is 1. The number of hydrogen-bond acceptors (Lipinski definition) is 4. The summed E-state index contributed by atoms with van der Waals surface area (Å²) in [5.74, 6) is 0.0345. The van der Waals surface area contributed by atoms with Crippen LogP contribution in [0.1, 0.15) is 42.9 Å². The van der Waals surface area contributed by atoms with Gasteiger partial charge in [0.2, 0.25) is 15.9 Å². The van der Waals surface area contributed by atoms with Gasteiger partial charge in [-0.15, -0.1) is 0 Å². The molecule has 1 N–H and O–H groups in total. The van der Waals surface area contributed by atoms with Gasteiger partial charge in [0.15, 0.2) is 0 Å². The Morgan fingerprint density at radius 1 is 1.14 bits per heavy atom. The van der Waals surface area contributed by atoms with E-state index in [0.29, 0.717) is 11.5 Å². The maximum absolute atomic E-state index is 12.7. The van der Waals surface area contributed by atoms with Gasteiger partial charge >= 0.3 is 0 Å². The van der Waals surface area contributed by atoms with Crippen molar-refractivity contribution >= 4 is 15.9 Å². The predicted molar refractivity (Wildman–Crippen MR) is 110 cm³/mol. The summed E-state index contributed by atoms with van der Waals surface area (Å²) in [5.41, 5.74) is 1.43. The monoisotopic (exact) mass is 411 g/mol. The minimum atomic E-state index is -3.82. The largest absolute Gasteiger partial charge is 0.348 e. The zero-order valence-electron chi connectivity index (χ0n) is 16.4. The molecule has 152 valence electrons. The van der Waals surface area contributed by atoms with Gasteiger partial charge in [-0.1, -0.05) is 43.2 Å². The molecule has 0 saturated heterocycles. The lowest BCUT2D eigenvalue weighted by Gasteiger charge is -2.26. The number of amides is 1. The van der Waals surface area contributed by atoms with Crippen LogP contribution in [-0.4, -0.2) is 32.2 Å². The van der Waals surface area contributed by atoms with Crippen molar-refractivity contribution in [2.75, 3.05) is 13.6 Å². The Morgan fingerprint density at radius 2 is 1.76 bits per heavy atom. The van der Waals surface area contributed by atoms with E-state index in [2.05, 4.69) is 5.32 Å². The number of benzene rings is 2. The molecule has 0 aromatic heterocycles. The van der Waals surface area contributed by atoms with Gasteiger partial charge in [-0.25, -0.2) is 8.42 Å². The highest BCUT2D eigenvalue weighted by atomic mass is 32.2. The quantitative estimate of drug-likeness (QED) is 0.757. The zero-order valence-corrected chi connectivity index (χ0v) is 17.2. The van der Waals surface area contributed by atoms with E-state index in [-0.39, 0.29) is 23.4 Å². The molecule has 1 fully saturated rings. The van der Waals surface area contributed by atoms with Crippen LogP contribution >= 0.6 is 0 Å². The van der Waals surface area contributed by atoms with Gasteiger partial charge in [-0.2, -0.15) is 9.57 Å². The number of nitriles is 1. The molecule has 0 spiro atoms. The smallest absolute Gasteiger partial charge is 0.243 e. The summed E-state index contributed by atoms with van der Waals surface area (Å²) in [5, 5.41) is 11.9. The number of sulfonamides is 1. The number of nitrogens with zero attached hydrogens (tertiary/aromatic N) is 2. The van der Waals surface area contributed by atoms with Gasteiger partial charge in [0.25, 0.3) is 0 Å². The topological polar surface area (TPSA) is 90.3 Å². The molecular weight excluding hydrogens is 386 g/mol. The lowest BCUT2D eigenvalue weighted by molar-refractivity contribution is -0.122. The van der Waals surface area contributed by atoms with E-state index >= 15 is 0 Å². The van der Waals surface area contributed by atoms with Crippen molar-refractivity contribution < 1.29 is 13.2 Å². The van der Waals surface area contributed by atoms with Gasteiger partial charge in [-0.05, 0) is 48.6 Å². The molecular formula is C22H25N3O3S. The molecule has 1 unspecified atom stereocenters. The van der Waals surface area contributed by atoms with E-state index in [0.717, 1.165) is 35.6 Å². The van der Waals surface area contributed by atoms with E-state index in [1.807, 2.05) is 36.4 Å². The Labute approximate surface area is 172 Å². The Morgan fingerprint density at radius 3 is 2.34 bits per heavy atom. The Kier molecular flexibility index (Phi) is 6.68. The molecule has 29 heavy (non-hydrogen) atoms. The molecule has 0 heterocycles. The molecule has 1 atom stereocenters. The lowest BCUT2D eigenvalue weighted by Crippen LogP contribution is -2.41. The Balaban J connectivity index is 1.71. The first-order valence-corrected chi connectivity index (χ1v) is 11.2. The van der Waals surface area contributed by atoms with Crippen molar-refractivity contribution in [3.63, 3.8) is 0 Å². The number of nitrogens with one attached hydrogen (secondary N) is 1. The van der Waals surface area contributed by atoms with Crippen molar-refractivity contribution in [3.05, 3.63) is 65.7 Å². The Hall–Kier alpha value is -2.69. The first kappa shape index (κ1) is 21.0. The van der Waals surface area contributed by atoms with Gasteiger partial charge in [0.05, 0.1) is 29.1 Å². The van der Waals surface area contributed by atoms with Crippen LogP contribution in [0.2, 0.25) is 0 Å². The van der Waals surface area contributed by atoms with Crippen molar-refractivity contribution in [2.45, 2.75) is 36.6 Å². The summed E-state index contributed by atoms with van der Waals surface area (Å²) in [6, 6.07) is 17.4. The minimum Gasteiger partial charge on any atom is -0.348 e. The summed E-state index contributed by atoms with van der Waals surface area (Å²) in [7, 11) is -2.43. The van der Waals surface area contributed by atoms with Crippen molar-refractivity contribution in [3.8, 4) is 6.07 Å². The third-order valence-corrected chi connectivity index (χ3v) is 7.22. The fourth-order valence-electron chi connectivity index (χ4n) is 3.81. The molecule has 7 heteroatoms. The van der Waals surface area contributed by atoms with E-state index in [9.17, 15) is 13.2 Å². The second-order valence-electron chi connectivity index (χ2n) is 7.40. The molecule has 1 amide bonds. The first-order valence-electron chi connectivity index (χ1n) is 9.72. The third-order valence-electron chi connectivity index (χ3n) is 5.40. The highest BCUT2D eigenvalue weighted by molar-refractivity contribution is 7.89. The first-order chi connectivity index (χ1) is 13.9. The van der Waals surface area contributed by atoms with E-state index in [4.69, 9.17) is 5.26 Å². The third kappa shape index (κ3) is 5.03. The summed E-state index contributed by atoms with van der Waals surface area (Å²) < 4.78 is 26.5. The number of carbonyl (C=O) groups excluding carboxylic acids is 1. The minimum absolute atomic E-state index is 0.0576. The zero-order chi connectivity index (χ0) is 20.9. The highest BCUT2D eigenvalue weighted by Gasteiger charge is 2.29. The van der Waals surface area contributed by atoms with E-state index < -0.39 is 10.0 Å². The molecule has 1 aliphatic rings. The Bertz CT molecular complexity index is 976. The maximum atomic E-state index is 12.7. The normalized spacial score (nSPS) is 15.8. The molecule has 2 aromatic carbocycles. The second kappa shape index (κ2) is 9.21. The summed E-state index contributed by atoms with van der Waals surface area (Å²) >= 11 is 0. The fraction of sp³-hybridized carbons (Fsp3) is 0.364. The van der Waals surface area contributed by atoms with Gasteiger partial charge in [-0.3, -0.25) is 4.79 Å². The van der Waals surface area contributed by atoms with E-state index in [1.54, 1.807) is 0 Å². The van der Waals surface area contributed by atoms with Crippen molar-refractivity contribution in [2.24, 2.45) is 5.92 Å². The van der Waals surface area contributed by atoms with Crippen LogP contribution in [0.15, 0.2) is 59.5 Å². The standard InChI is InChI=1S/C22H25N3O3S/c1-25(29(27,28)20-13-11-17(15-23)12-14-20)16-21(26)24-22(19-9-5-6-10-19)18-7-3-2-4-8-18/h2-4,7-8,11-14,19,22H,5-6,9-10,16H2,1H3,(H,24,26). The molecule has 0 aliphatic heterocycles. The van der Waals surface area contributed by atoms with Crippen LogP contribution in [0.3, 0.4) is 0 Å². The molecule has 1 aliphatic carbocycles. The average Bonchev–Trinajstić information content (AvgIpc) is 3.27. The summed E-state index contributed by atoms with van der Waals surface area (Å²) in [6.07, 6.45) is 4.41. The molecule has 6 nitrogen and oxygen atoms in total. The predicted octanol–water partition coefficient (Wildman–Crippen LogP) is 3.23. The van der Waals surface area contributed by atoms with Crippen LogP contribution in [0.5, 0.6) is 0 Å². The van der Waals surface area contributed by atoms with Crippen molar-refractivity contribution in [1.82, 2.24) is 9.62 Å². The van der Waals surface area contributed by atoms with Crippen LogP contribution < -0.4 is 5.32 Å². The lowest BCUT2D eigenvalue weighted by atomic mass is 9.91. The van der Waals surface area contributed by atoms with Crippen LogP contribution in [0.25, 0.3) is 0 Å². The fourth-order valence-corrected chi connectivity index (χ4v) is 4.94. The molecule has 0 radical (unpaired) electrons. The SMILES string of the molecule is CN(CC(=O)NC(c1ccccc1)C1CCCC1)S(=O)(=O)c1ccc(C#N)cc1. The van der Waals surface area contributed by atoms with Crippen LogP contribution in [0, 0.1) is 17.2 Å². The maximum Gasteiger partial charge on any atom is 0.243 e. The number of likely N-dealkylation sites (N-methyl/N-ethyl adjacent to an activating group) is 1. The summed E-state index contributed by atoms with van der Waals surface area (Å²) in [6.45, 7) is -0.265. The van der Waals surface area contributed by atoms with Crippen LogP contribution in [0.4, 0.5) is 0 Å². The summed E-state index contributed by atoms with van der Waals surface area (Å²) in [4.78, 5) is 12.8.